The summed E-state index contributed by atoms with van der Waals surface area (Å²) in [5.41, 5.74) is 10.7. The summed E-state index contributed by atoms with van der Waals surface area (Å²) in [6, 6.07) is 0.687. The number of hydrogen-bond acceptors (Lipinski definition) is 2. The van der Waals surface area contributed by atoms with Gasteiger partial charge in [-0.2, -0.15) is 0 Å². The third kappa shape index (κ3) is 2.94. The molecule has 0 saturated carbocycles. The van der Waals surface area contributed by atoms with Crippen LogP contribution in [0, 0.1) is 17.5 Å². The number of halogens is 3. The Balaban J connectivity index is 2.92. The standard InChI is InChI=1S/C10H13F3N2/c11-6-4-7(9(15)2-1-3-14)10(13)8(12)5-6/h4-5,9H,1-3,14-15H2/t9-/m1/s1. The van der Waals surface area contributed by atoms with Crippen molar-refractivity contribution < 1.29 is 13.2 Å². The van der Waals surface area contributed by atoms with Crippen molar-refractivity contribution in [3.05, 3.63) is 35.1 Å². The SMILES string of the molecule is NCCC[C@@H](N)c1cc(F)cc(F)c1F. The molecule has 0 amide bonds. The van der Waals surface area contributed by atoms with Crippen LogP contribution in [0.15, 0.2) is 12.1 Å². The molecule has 0 heterocycles. The normalized spacial score (nSPS) is 12.9. The van der Waals surface area contributed by atoms with Crippen LogP contribution < -0.4 is 11.5 Å². The second kappa shape index (κ2) is 5.14. The lowest BCUT2D eigenvalue weighted by Crippen LogP contribution is -2.15. The first-order chi connectivity index (χ1) is 7.06. The van der Waals surface area contributed by atoms with Crippen molar-refractivity contribution in [2.45, 2.75) is 18.9 Å². The fraction of sp³-hybridized carbons (Fsp3) is 0.400. The maximum atomic E-state index is 13.2. The van der Waals surface area contributed by atoms with Crippen LogP contribution in [0.3, 0.4) is 0 Å². The topological polar surface area (TPSA) is 52.0 Å². The van der Waals surface area contributed by atoms with Gasteiger partial charge in [0.25, 0.3) is 0 Å². The van der Waals surface area contributed by atoms with E-state index in [1.165, 1.54) is 0 Å². The summed E-state index contributed by atoms with van der Waals surface area (Å²) in [7, 11) is 0. The number of rotatable bonds is 4. The zero-order valence-electron chi connectivity index (χ0n) is 8.14. The molecular formula is C10H13F3N2. The molecule has 0 unspecified atom stereocenters. The van der Waals surface area contributed by atoms with Gasteiger partial charge in [-0.25, -0.2) is 13.2 Å². The van der Waals surface area contributed by atoms with Gasteiger partial charge >= 0.3 is 0 Å². The summed E-state index contributed by atoms with van der Waals surface area (Å²) < 4.78 is 38.8. The summed E-state index contributed by atoms with van der Waals surface area (Å²) in [6.45, 7) is 0.410. The first-order valence-electron chi connectivity index (χ1n) is 4.66. The van der Waals surface area contributed by atoms with E-state index in [1.807, 2.05) is 0 Å². The van der Waals surface area contributed by atoms with Crippen molar-refractivity contribution in [2.24, 2.45) is 11.5 Å². The monoisotopic (exact) mass is 218 g/mol. The van der Waals surface area contributed by atoms with Crippen molar-refractivity contribution >= 4 is 0 Å². The van der Waals surface area contributed by atoms with Crippen molar-refractivity contribution in [3.63, 3.8) is 0 Å². The molecule has 4 N–H and O–H groups in total. The average molecular weight is 218 g/mol. The molecule has 0 aromatic heterocycles. The van der Waals surface area contributed by atoms with Gasteiger partial charge in [0.2, 0.25) is 0 Å². The molecule has 0 aliphatic heterocycles. The van der Waals surface area contributed by atoms with Crippen LogP contribution in [0.25, 0.3) is 0 Å². The zero-order valence-corrected chi connectivity index (χ0v) is 8.14. The highest BCUT2D eigenvalue weighted by Crippen LogP contribution is 2.22. The fourth-order valence-corrected chi connectivity index (χ4v) is 1.34. The summed E-state index contributed by atoms with van der Waals surface area (Å²) in [5.74, 6) is -3.12. The average Bonchev–Trinajstić information content (AvgIpc) is 2.19. The van der Waals surface area contributed by atoms with Crippen LogP contribution in [-0.4, -0.2) is 6.54 Å². The fourth-order valence-electron chi connectivity index (χ4n) is 1.34. The zero-order chi connectivity index (χ0) is 11.4. The number of nitrogens with two attached hydrogens (primary N) is 2. The molecule has 0 aliphatic rings. The van der Waals surface area contributed by atoms with E-state index in [9.17, 15) is 13.2 Å². The molecule has 15 heavy (non-hydrogen) atoms. The molecule has 5 heteroatoms. The molecule has 84 valence electrons. The smallest absolute Gasteiger partial charge is 0.163 e. The van der Waals surface area contributed by atoms with E-state index >= 15 is 0 Å². The van der Waals surface area contributed by atoms with E-state index in [4.69, 9.17) is 11.5 Å². The van der Waals surface area contributed by atoms with Gasteiger partial charge in [0.15, 0.2) is 11.6 Å². The van der Waals surface area contributed by atoms with E-state index in [1.54, 1.807) is 0 Å². The van der Waals surface area contributed by atoms with Crippen LogP contribution >= 0.6 is 0 Å². The van der Waals surface area contributed by atoms with Gasteiger partial charge in [0, 0.05) is 17.7 Å². The molecule has 1 rings (SSSR count). The van der Waals surface area contributed by atoms with Crippen LogP contribution in [0.1, 0.15) is 24.4 Å². The molecule has 0 radical (unpaired) electrons. The highest BCUT2D eigenvalue weighted by Gasteiger charge is 2.16. The van der Waals surface area contributed by atoms with Gasteiger partial charge in [-0.1, -0.05) is 0 Å². The lowest BCUT2D eigenvalue weighted by molar-refractivity contribution is 0.468. The largest absolute Gasteiger partial charge is 0.330 e. The van der Waals surface area contributed by atoms with E-state index in [-0.39, 0.29) is 5.56 Å². The minimum Gasteiger partial charge on any atom is -0.330 e. The van der Waals surface area contributed by atoms with Gasteiger partial charge in [0.1, 0.15) is 5.82 Å². The van der Waals surface area contributed by atoms with E-state index in [2.05, 4.69) is 0 Å². The summed E-state index contributed by atoms with van der Waals surface area (Å²) in [6.07, 6.45) is 0.981. The highest BCUT2D eigenvalue weighted by atomic mass is 19.2. The van der Waals surface area contributed by atoms with E-state index in [0.717, 1.165) is 6.07 Å². The highest BCUT2D eigenvalue weighted by molar-refractivity contribution is 5.23. The Labute approximate surface area is 86.1 Å². The molecule has 0 fully saturated rings. The Morgan fingerprint density at radius 3 is 2.47 bits per heavy atom. The van der Waals surface area contributed by atoms with Gasteiger partial charge in [-0.3, -0.25) is 0 Å². The van der Waals surface area contributed by atoms with E-state index < -0.39 is 23.5 Å². The Bertz CT molecular complexity index is 342. The Morgan fingerprint density at radius 2 is 1.87 bits per heavy atom. The van der Waals surface area contributed by atoms with Crippen LogP contribution in [0.5, 0.6) is 0 Å². The van der Waals surface area contributed by atoms with Gasteiger partial charge in [0.05, 0.1) is 0 Å². The van der Waals surface area contributed by atoms with Gasteiger partial charge in [-0.05, 0) is 25.5 Å². The molecule has 1 aromatic carbocycles. The molecule has 0 saturated heterocycles. The molecule has 2 nitrogen and oxygen atoms in total. The third-order valence-corrected chi connectivity index (χ3v) is 2.14. The summed E-state index contributed by atoms with van der Waals surface area (Å²) >= 11 is 0. The van der Waals surface area contributed by atoms with Crippen molar-refractivity contribution in [1.82, 2.24) is 0 Å². The Hall–Kier alpha value is -1.07. The molecule has 0 spiro atoms. The predicted octanol–water partition coefficient (Wildman–Crippen LogP) is 1.84. The van der Waals surface area contributed by atoms with Crippen LogP contribution in [0.2, 0.25) is 0 Å². The molecule has 0 bridgehead atoms. The maximum Gasteiger partial charge on any atom is 0.163 e. The maximum absolute atomic E-state index is 13.2. The molecule has 1 atom stereocenters. The van der Waals surface area contributed by atoms with Crippen molar-refractivity contribution in [1.29, 1.82) is 0 Å². The minimum atomic E-state index is -1.21. The molecular weight excluding hydrogens is 205 g/mol. The van der Waals surface area contributed by atoms with Crippen molar-refractivity contribution in [3.8, 4) is 0 Å². The first kappa shape index (κ1) is 12.0. The second-order valence-corrected chi connectivity index (χ2v) is 3.33. The summed E-state index contributed by atoms with van der Waals surface area (Å²) in [4.78, 5) is 0. The summed E-state index contributed by atoms with van der Waals surface area (Å²) in [5, 5.41) is 0. The van der Waals surface area contributed by atoms with Crippen molar-refractivity contribution in [2.75, 3.05) is 6.54 Å². The molecule has 0 aliphatic carbocycles. The molecule has 1 aromatic rings. The van der Waals surface area contributed by atoms with Gasteiger partial charge in [-0.15, -0.1) is 0 Å². The lowest BCUT2D eigenvalue weighted by Gasteiger charge is -2.12. The Kier molecular flexibility index (Phi) is 4.11. The Morgan fingerprint density at radius 1 is 1.20 bits per heavy atom. The van der Waals surface area contributed by atoms with E-state index in [0.29, 0.717) is 25.5 Å². The quantitative estimate of drug-likeness (QED) is 0.757. The van der Waals surface area contributed by atoms with Crippen LogP contribution in [-0.2, 0) is 0 Å². The third-order valence-electron chi connectivity index (χ3n) is 2.14. The predicted molar refractivity (Wildman–Crippen MR) is 51.5 cm³/mol. The second-order valence-electron chi connectivity index (χ2n) is 3.33. The lowest BCUT2D eigenvalue weighted by atomic mass is 10.0. The van der Waals surface area contributed by atoms with Crippen LogP contribution in [0.4, 0.5) is 13.2 Å². The van der Waals surface area contributed by atoms with Gasteiger partial charge < -0.3 is 11.5 Å². The number of hydrogen-bond donors (Lipinski definition) is 2. The number of benzene rings is 1. The minimum absolute atomic E-state index is 0.138. The first-order valence-corrected chi connectivity index (χ1v) is 4.66.